The van der Waals surface area contributed by atoms with Crippen molar-refractivity contribution < 1.29 is 4.79 Å². The Bertz CT molecular complexity index is 627. The molecule has 1 aliphatic heterocycles. The fourth-order valence-corrected chi connectivity index (χ4v) is 3.95. The number of piperidine rings is 1. The number of aromatic nitrogens is 1. The van der Waals surface area contributed by atoms with Crippen molar-refractivity contribution in [3.8, 4) is 0 Å². The molecule has 0 spiro atoms. The fourth-order valence-electron chi connectivity index (χ4n) is 3.24. The van der Waals surface area contributed by atoms with Crippen LogP contribution >= 0.6 is 11.3 Å². The van der Waals surface area contributed by atoms with Gasteiger partial charge in [-0.05, 0) is 25.3 Å². The van der Waals surface area contributed by atoms with E-state index >= 15 is 0 Å². The predicted octanol–water partition coefficient (Wildman–Crippen LogP) is 3.38. The Morgan fingerprint density at radius 1 is 1.24 bits per heavy atom. The van der Waals surface area contributed by atoms with Gasteiger partial charge in [0.1, 0.15) is 0 Å². The molecule has 0 saturated carbocycles. The zero-order valence-electron chi connectivity index (χ0n) is 12.5. The van der Waals surface area contributed by atoms with Crippen LogP contribution in [-0.4, -0.2) is 28.9 Å². The summed E-state index contributed by atoms with van der Waals surface area (Å²) in [5.41, 5.74) is 2.44. The summed E-state index contributed by atoms with van der Waals surface area (Å²) in [5, 5.41) is 3.29. The maximum absolute atomic E-state index is 11.6. The largest absolute Gasteiger partial charge is 0.343 e. The van der Waals surface area contributed by atoms with Crippen LogP contribution in [0.15, 0.2) is 35.7 Å². The predicted molar refractivity (Wildman–Crippen MR) is 85.6 cm³/mol. The van der Waals surface area contributed by atoms with E-state index in [1.807, 2.05) is 11.0 Å². The van der Waals surface area contributed by atoms with Crippen molar-refractivity contribution in [3.63, 3.8) is 0 Å². The number of likely N-dealkylation sites (tertiary alicyclic amines) is 1. The molecule has 1 amide bonds. The third-order valence-corrected chi connectivity index (χ3v) is 5.27. The lowest BCUT2D eigenvalue weighted by molar-refractivity contribution is -0.130. The van der Waals surface area contributed by atoms with Crippen LogP contribution in [0.25, 0.3) is 0 Å². The second-order valence-electron chi connectivity index (χ2n) is 5.71. The zero-order valence-corrected chi connectivity index (χ0v) is 13.3. The van der Waals surface area contributed by atoms with E-state index in [4.69, 9.17) is 4.98 Å². The first kappa shape index (κ1) is 14.3. The molecule has 21 heavy (non-hydrogen) atoms. The van der Waals surface area contributed by atoms with Gasteiger partial charge in [-0.25, -0.2) is 4.98 Å². The van der Waals surface area contributed by atoms with E-state index in [1.54, 1.807) is 18.3 Å². The average Bonchev–Trinajstić information content (AvgIpc) is 2.95. The van der Waals surface area contributed by atoms with Crippen molar-refractivity contribution in [1.82, 2.24) is 9.88 Å². The molecule has 1 aromatic carbocycles. The Morgan fingerprint density at radius 2 is 1.90 bits per heavy atom. The van der Waals surface area contributed by atoms with E-state index in [0.29, 0.717) is 0 Å². The summed E-state index contributed by atoms with van der Waals surface area (Å²) in [6.07, 6.45) is 1.89. The standard InChI is InChI=1S/C17H20N2OS/c1-13-18-16(12-21-13)17(15-6-4-3-5-7-15)8-10-19(11-9-17)14(2)20/h3-7,12H,8-11H2,1-2H3. The van der Waals surface area contributed by atoms with Crippen LogP contribution in [0, 0.1) is 6.92 Å². The number of hydrogen-bond donors (Lipinski definition) is 0. The van der Waals surface area contributed by atoms with Crippen LogP contribution in [0.5, 0.6) is 0 Å². The highest BCUT2D eigenvalue weighted by Gasteiger charge is 2.40. The first-order chi connectivity index (χ1) is 10.1. The SMILES string of the molecule is CC(=O)N1CCC(c2ccccc2)(c2csc(C)n2)CC1. The highest BCUT2D eigenvalue weighted by Crippen LogP contribution is 2.41. The summed E-state index contributed by atoms with van der Waals surface area (Å²) in [7, 11) is 0. The van der Waals surface area contributed by atoms with Gasteiger partial charge in [0.15, 0.2) is 0 Å². The molecule has 1 saturated heterocycles. The molecule has 1 fully saturated rings. The quantitative estimate of drug-likeness (QED) is 0.852. The number of carbonyl (C=O) groups is 1. The molecule has 1 aromatic heterocycles. The smallest absolute Gasteiger partial charge is 0.219 e. The molecule has 0 radical (unpaired) electrons. The highest BCUT2D eigenvalue weighted by atomic mass is 32.1. The van der Waals surface area contributed by atoms with E-state index in [0.717, 1.165) is 30.9 Å². The van der Waals surface area contributed by atoms with Crippen molar-refractivity contribution in [2.45, 2.75) is 32.1 Å². The highest BCUT2D eigenvalue weighted by molar-refractivity contribution is 7.09. The normalized spacial score (nSPS) is 17.7. The van der Waals surface area contributed by atoms with Gasteiger partial charge in [0.05, 0.1) is 10.7 Å². The second kappa shape index (κ2) is 5.60. The molecule has 0 bridgehead atoms. The molecule has 0 aliphatic carbocycles. The van der Waals surface area contributed by atoms with Crippen LogP contribution in [0.1, 0.15) is 36.0 Å². The van der Waals surface area contributed by atoms with Crippen LogP contribution in [0.2, 0.25) is 0 Å². The molecule has 0 unspecified atom stereocenters. The Morgan fingerprint density at radius 3 is 2.43 bits per heavy atom. The van der Waals surface area contributed by atoms with Crippen LogP contribution in [0.3, 0.4) is 0 Å². The molecular weight excluding hydrogens is 280 g/mol. The number of thiazole rings is 1. The first-order valence-corrected chi connectivity index (χ1v) is 8.23. The Labute approximate surface area is 129 Å². The number of rotatable bonds is 2. The Balaban J connectivity index is 1.99. The van der Waals surface area contributed by atoms with Crippen molar-refractivity contribution in [1.29, 1.82) is 0 Å². The number of amides is 1. The Hall–Kier alpha value is -1.68. The average molecular weight is 300 g/mol. The molecule has 110 valence electrons. The lowest BCUT2D eigenvalue weighted by atomic mass is 9.70. The zero-order chi connectivity index (χ0) is 14.9. The molecule has 3 nitrogen and oxygen atoms in total. The monoisotopic (exact) mass is 300 g/mol. The van der Waals surface area contributed by atoms with Gasteiger partial charge in [-0.2, -0.15) is 0 Å². The number of hydrogen-bond acceptors (Lipinski definition) is 3. The van der Waals surface area contributed by atoms with Crippen LogP contribution in [-0.2, 0) is 10.2 Å². The summed E-state index contributed by atoms with van der Waals surface area (Å²) >= 11 is 1.71. The fraction of sp³-hybridized carbons (Fsp3) is 0.412. The summed E-state index contributed by atoms with van der Waals surface area (Å²) < 4.78 is 0. The number of benzene rings is 1. The third kappa shape index (κ3) is 2.60. The number of carbonyl (C=O) groups excluding carboxylic acids is 1. The minimum Gasteiger partial charge on any atom is -0.343 e. The van der Waals surface area contributed by atoms with E-state index in [2.05, 4.69) is 36.6 Å². The summed E-state index contributed by atoms with van der Waals surface area (Å²) in [6, 6.07) is 10.6. The van der Waals surface area contributed by atoms with Crippen LogP contribution < -0.4 is 0 Å². The van der Waals surface area contributed by atoms with Gasteiger partial charge >= 0.3 is 0 Å². The van der Waals surface area contributed by atoms with Crippen molar-refractivity contribution in [3.05, 3.63) is 52.0 Å². The summed E-state index contributed by atoms with van der Waals surface area (Å²) in [5.74, 6) is 0.172. The topological polar surface area (TPSA) is 33.2 Å². The van der Waals surface area contributed by atoms with Gasteiger partial charge in [0.25, 0.3) is 0 Å². The van der Waals surface area contributed by atoms with Gasteiger partial charge in [-0.3, -0.25) is 4.79 Å². The second-order valence-corrected chi connectivity index (χ2v) is 6.77. The molecule has 2 aromatic rings. The maximum Gasteiger partial charge on any atom is 0.219 e. The number of nitrogens with zero attached hydrogens (tertiary/aromatic N) is 2. The minimum atomic E-state index is -0.0437. The van der Waals surface area contributed by atoms with E-state index in [-0.39, 0.29) is 11.3 Å². The first-order valence-electron chi connectivity index (χ1n) is 7.35. The van der Waals surface area contributed by atoms with Crippen molar-refractivity contribution >= 4 is 17.2 Å². The van der Waals surface area contributed by atoms with Gasteiger partial charge in [-0.15, -0.1) is 11.3 Å². The molecule has 1 aliphatic rings. The number of aryl methyl sites for hydroxylation is 1. The lowest BCUT2D eigenvalue weighted by Crippen LogP contribution is -2.45. The molecule has 3 rings (SSSR count). The third-order valence-electron chi connectivity index (χ3n) is 4.50. The van der Waals surface area contributed by atoms with Gasteiger partial charge < -0.3 is 4.90 Å². The van der Waals surface area contributed by atoms with Crippen molar-refractivity contribution in [2.24, 2.45) is 0 Å². The van der Waals surface area contributed by atoms with Gasteiger partial charge in [0, 0.05) is 30.8 Å². The Kier molecular flexibility index (Phi) is 3.81. The molecule has 4 heteroatoms. The maximum atomic E-state index is 11.6. The van der Waals surface area contributed by atoms with Crippen molar-refractivity contribution in [2.75, 3.05) is 13.1 Å². The van der Waals surface area contributed by atoms with E-state index < -0.39 is 0 Å². The van der Waals surface area contributed by atoms with Crippen LogP contribution in [0.4, 0.5) is 0 Å². The van der Waals surface area contributed by atoms with E-state index in [9.17, 15) is 4.79 Å². The minimum absolute atomic E-state index is 0.0437. The molecule has 0 N–H and O–H groups in total. The van der Waals surface area contributed by atoms with E-state index in [1.165, 1.54) is 11.3 Å². The van der Waals surface area contributed by atoms with Gasteiger partial charge in [-0.1, -0.05) is 30.3 Å². The summed E-state index contributed by atoms with van der Waals surface area (Å²) in [6.45, 7) is 5.32. The molecule has 0 atom stereocenters. The summed E-state index contributed by atoms with van der Waals surface area (Å²) in [4.78, 5) is 18.3. The molecule has 2 heterocycles. The van der Waals surface area contributed by atoms with Gasteiger partial charge in [0.2, 0.25) is 5.91 Å². The molecular formula is C17H20N2OS. The lowest BCUT2D eigenvalue weighted by Gasteiger charge is -2.41.